The smallest absolute Gasteiger partial charge is 0.0488 e. The van der Waals surface area contributed by atoms with E-state index in [1.807, 2.05) is 18.2 Å². The Morgan fingerprint density at radius 3 is 3.00 bits per heavy atom. The van der Waals surface area contributed by atoms with Gasteiger partial charge in [0.25, 0.3) is 0 Å². The number of halogens is 1. The number of anilines is 2. The monoisotopic (exact) mass is 283 g/mol. The lowest BCUT2D eigenvalue weighted by atomic mass is 10.1. The van der Waals surface area contributed by atoms with Crippen molar-refractivity contribution in [1.82, 2.24) is 4.90 Å². The van der Waals surface area contributed by atoms with Gasteiger partial charge in [-0.05, 0) is 60.6 Å². The third kappa shape index (κ3) is 2.89. The Balaban J connectivity index is 2.02. The van der Waals surface area contributed by atoms with Crippen LogP contribution in [0.2, 0.25) is 0 Å². The molecule has 88 valence electrons. The van der Waals surface area contributed by atoms with Crippen LogP contribution >= 0.6 is 15.9 Å². The zero-order valence-electron chi connectivity index (χ0n) is 9.54. The molecule has 1 aromatic rings. The van der Waals surface area contributed by atoms with Crippen LogP contribution in [0.25, 0.3) is 0 Å². The van der Waals surface area contributed by atoms with Gasteiger partial charge in [-0.25, -0.2) is 0 Å². The average molecular weight is 284 g/mol. The van der Waals surface area contributed by atoms with Crippen LogP contribution in [0.4, 0.5) is 11.4 Å². The van der Waals surface area contributed by atoms with Crippen LogP contribution in [-0.2, 0) is 0 Å². The number of rotatable bonds is 2. The summed E-state index contributed by atoms with van der Waals surface area (Å²) >= 11 is 3.53. The van der Waals surface area contributed by atoms with Crippen LogP contribution < -0.4 is 11.1 Å². The van der Waals surface area contributed by atoms with E-state index in [1.165, 1.54) is 19.4 Å². The van der Waals surface area contributed by atoms with Gasteiger partial charge < -0.3 is 16.0 Å². The Kier molecular flexibility index (Phi) is 3.71. The SMILES string of the molecule is CN1CCCC(Nc2ccc(N)cc2Br)C1. The third-order valence-electron chi connectivity index (χ3n) is 2.98. The topological polar surface area (TPSA) is 41.3 Å². The second-order valence-electron chi connectivity index (χ2n) is 4.49. The van der Waals surface area contributed by atoms with Crippen molar-refractivity contribution >= 4 is 27.3 Å². The second-order valence-corrected chi connectivity index (χ2v) is 5.34. The normalized spacial score (nSPS) is 22.0. The maximum absolute atomic E-state index is 5.72. The van der Waals surface area contributed by atoms with Gasteiger partial charge in [-0.15, -0.1) is 0 Å². The summed E-state index contributed by atoms with van der Waals surface area (Å²) in [5.41, 5.74) is 7.64. The largest absolute Gasteiger partial charge is 0.399 e. The van der Waals surface area contributed by atoms with E-state index in [0.29, 0.717) is 6.04 Å². The molecule has 1 unspecified atom stereocenters. The molecule has 1 fully saturated rings. The molecule has 0 bridgehead atoms. The minimum Gasteiger partial charge on any atom is -0.399 e. The van der Waals surface area contributed by atoms with E-state index >= 15 is 0 Å². The summed E-state index contributed by atoms with van der Waals surface area (Å²) in [7, 11) is 2.17. The van der Waals surface area contributed by atoms with E-state index in [9.17, 15) is 0 Å². The number of nitrogens with two attached hydrogens (primary N) is 1. The highest BCUT2D eigenvalue weighted by Gasteiger charge is 2.17. The molecule has 1 saturated heterocycles. The highest BCUT2D eigenvalue weighted by molar-refractivity contribution is 9.10. The second kappa shape index (κ2) is 5.06. The van der Waals surface area contributed by atoms with Crippen molar-refractivity contribution in [2.45, 2.75) is 18.9 Å². The first-order chi connectivity index (χ1) is 7.65. The summed E-state index contributed by atoms with van der Waals surface area (Å²) < 4.78 is 1.04. The quantitative estimate of drug-likeness (QED) is 0.820. The van der Waals surface area contributed by atoms with Gasteiger partial charge in [0.1, 0.15) is 0 Å². The molecule has 0 amide bonds. The molecule has 0 saturated carbocycles. The average Bonchev–Trinajstić information content (AvgIpc) is 2.22. The van der Waals surface area contributed by atoms with Crippen LogP contribution in [0, 0.1) is 0 Å². The van der Waals surface area contributed by atoms with Gasteiger partial charge in [-0.2, -0.15) is 0 Å². The van der Waals surface area contributed by atoms with Gasteiger partial charge in [-0.3, -0.25) is 0 Å². The predicted octanol–water partition coefficient (Wildman–Crippen LogP) is 2.54. The van der Waals surface area contributed by atoms with E-state index in [-0.39, 0.29) is 0 Å². The molecule has 0 aromatic heterocycles. The third-order valence-corrected chi connectivity index (χ3v) is 3.63. The standard InChI is InChI=1S/C12H18BrN3/c1-16-6-2-3-10(8-16)15-12-5-4-9(14)7-11(12)13/h4-5,7,10,15H,2-3,6,8,14H2,1H3. The Morgan fingerprint density at radius 1 is 1.50 bits per heavy atom. The lowest BCUT2D eigenvalue weighted by Crippen LogP contribution is -2.39. The van der Waals surface area contributed by atoms with E-state index < -0.39 is 0 Å². The molecular weight excluding hydrogens is 266 g/mol. The minimum absolute atomic E-state index is 0.540. The first-order valence-corrected chi connectivity index (χ1v) is 6.44. The number of piperidine rings is 1. The summed E-state index contributed by atoms with van der Waals surface area (Å²) in [5.74, 6) is 0. The van der Waals surface area contributed by atoms with Crippen molar-refractivity contribution in [2.75, 3.05) is 31.2 Å². The van der Waals surface area contributed by atoms with E-state index in [0.717, 1.165) is 22.4 Å². The molecule has 3 nitrogen and oxygen atoms in total. The summed E-state index contributed by atoms with van der Waals surface area (Å²) in [6.45, 7) is 2.32. The molecule has 0 spiro atoms. The molecule has 3 N–H and O–H groups in total. The Bertz CT molecular complexity index is 367. The lowest BCUT2D eigenvalue weighted by molar-refractivity contribution is 0.261. The predicted molar refractivity (Wildman–Crippen MR) is 72.7 cm³/mol. The molecule has 0 radical (unpaired) electrons. The lowest BCUT2D eigenvalue weighted by Gasteiger charge is -2.31. The van der Waals surface area contributed by atoms with Crippen molar-refractivity contribution in [2.24, 2.45) is 0 Å². The number of nitrogen functional groups attached to an aromatic ring is 1. The Labute approximate surface area is 105 Å². The number of likely N-dealkylation sites (tertiary alicyclic amines) is 1. The Morgan fingerprint density at radius 2 is 2.31 bits per heavy atom. The van der Waals surface area contributed by atoms with Gasteiger partial charge in [-0.1, -0.05) is 0 Å². The zero-order chi connectivity index (χ0) is 11.5. The number of hydrogen-bond donors (Lipinski definition) is 2. The molecule has 2 rings (SSSR count). The molecule has 1 atom stereocenters. The van der Waals surface area contributed by atoms with Crippen molar-refractivity contribution < 1.29 is 0 Å². The van der Waals surface area contributed by atoms with Crippen LogP contribution in [0.3, 0.4) is 0 Å². The van der Waals surface area contributed by atoms with E-state index in [4.69, 9.17) is 5.73 Å². The summed E-state index contributed by atoms with van der Waals surface area (Å²) in [6, 6.07) is 6.45. The fraction of sp³-hybridized carbons (Fsp3) is 0.500. The van der Waals surface area contributed by atoms with E-state index in [2.05, 4.69) is 33.2 Å². The highest BCUT2D eigenvalue weighted by Crippen LogP contribution is 2.26. The van der Waals surface area contributed by atoms with Crippen LogP contribution in [0.15, 0.2) is 22.7 Å². The number of likely N-dealkylation sites (N-methyl/N-ethyl adjacent to an activating group) is 1. The van der Waals surface area contributed by atoms with Gasteiger partial charge in [0.05, 0.1) is 0 Å². The minimum atomic E-state index is 0.540. The van der Waals surface area contributed by atoms with Gasteiger partial charge in [0, 0.05) is 28.4 Å². The highest BCUT2D eigenvalue weighted by atomic mass is 79.9. The van der Waals surface area contributed by atoms with Gasteiger partial charge >= 0.3 is 0 Å². The first kappa shape index (κ1) is 11.7. The molecule has 1 aromatic carbocycles. The first-order valence-electron chi connectivity index (χ1n) is 5.65. The summed E-state index contributed by atoms with van der Waals surface area (Å²) in [4.78, 5) is 2.37. The van der Waals surface area contributed by atoms with Crippen molar-refractivity contribution in [3.8, 4) is 0 Å². The van der Waals surface area contributed by atoms with Crippen molar-refractivity contribution in [3.63, 3.8) is 0 Å². The molecule has 0 aliphatic carbocycles. The summed E-state index contributed by atoms with van der Waals surface area (Å²) in [5, 5.41) is 3.56. The van der Waals surface area contributed by atoms with E-state index in [1.54, 1.807) is 0 Å². The van der Waals surface area contributed by atoms with Crippen molar-refractivity contribution in [1.29, 1.82) is 0 Å². The number of hydrogen-bond acceptors (Lipinski definition) is 3. The number of benzene rings is 1. The maximum Gasteiger partial charge on any atom is 0.0488 e. The fourth-order valence-electron chi connectivity index (χ4n) is 2.15. The van der Waals surface area contributed by atoms with Crippen LogP contribution in [-0.4, -0.2) is 31.1 Å². The molecule has 1 aliphatic heterocycles. The zero-order valence-corrected chi connectivity index (χ0v) is 11.1. The molecule has 16 heavy (non-hydrogen) atoms. The maximum atomic E-state index is 5.72. The fourth-order valence-corrected chi connectivity index (χ4v) is 2.66. The molecule has 1 aliphatic rings. The van der Waals surface area contributed by atoms with Crippen LogP contribution in [0.5, 0.6) is 0 Å². The van der Waals surface area contributed by atoms with Gasteiger partial charge in [0.2, 0.25) is 0 Å². The summed E-state index contributed by atoms with van der Waals surface area (Å²) in [6.07, 6.45) is 2.50. The Hall–Kier alpha value is -0.740. The van der Waals surface area contributed by atoms with Crippen LogP contribution in [0.1, 0.15) is 12.8 Å². The molecule has 4 heteroatoms. The number of nitrogens with zero attached hydrogens (tertiary/aromatic N) is 1. The molecule has 1 heterocycles. The van der Waals surface area contributed by atoms with Crippen molar-refractivity contribution in [3.05, 3.63) is 22.7 Å². The molecular formula is C12H18BrN3. The number of nitrogens with one attached hydrogen (secondary N) is 1. The van der Waals surface area contributed by atoms with Gasteiger partial charge in [0.15, 0.2) is 0 Å².